The molecule has 0 amide bonds. The molecule has 1 radical (unpaired) electrons. The molecular formula is C34H27F6O2. The highest BCUT2D eigenvalue weighted by Crippen LogP contribution is 2.48. The van der Waals surface area contributed by atoms with Crippen molar-refractivity contribution in [2.75, 3.05) is 6.61 Å². The van der Waals surface area contributed by atoms with Gasteiger partial charge in [-0.15, -0.1) is 0 Å². The van der Waals surface area contributed by atoms with Gasteiger partial charge in [-0.05, 0) is 90.4 Å². The Bertz CT molecular complexity index is 1550. The summed E-state index contributed by atoms with van der Waals surface area (Å²) in [7, 11) is 0. The minimum Gasteiger partial charge on any atom is -0.462 e. The zero-order chi connectivity index (χ0) is 30.0. The highest BCUT2D eigenvalue weighted by Gasteiger charge is 2.35. The van der Waals surface area contributed by atoms with E-state index in [0.717, 1.165) is 37.1 Å². The molecule has 1 saturated carbocycles. The fourth-order valence-corrected chi connectivity index (χ4v) is 5.62. The summed E-state index contributed by atoms with van der Waals surface area (Å²) in [6, 6.07) is 17.7. The molecule has 2 nitrogen and oxygen atoms in total. The Morgan fingerprint density at radius 3 is 1.95 bits per heavy atom. The van der Waals surface area contributed by atoms with Crippen molar-refractivity contribution in [1.82, 2.24) is 0 Å². The first-order chi connectivity index (χ1) is 20.1. The van der Waals surface area contributed by atoms with Crippen LogP contribution in [0.15, 0.2) is 72.8 Å². The number of ether oxygens (including phenoxy) is 1. The van der Waals surface area contributed by atoms with Crippen LogP contribution in [-0.4, -0.2) is 12.6 Å². The highest BCUT2D eigenvalue weighted by molar-refractivity contribution is 6.05. The minimum absolute atomic E-state index is 0.00220. The molecule has 0 aromatic heterocycles. The zero-order valence-electron chi connectivity index (χ0n) is 22.7. The van der Waals surface area contributed by atoms with Crippen molar-refractivity contribution in [2.24, 2.45) is 0 Å². The molecule has 4 aromatic carbocycles. The van der Waals surface area contributed by atoms with Crippen molar-refractivity contribution in [1.29, 1.82) is 0 Å². The molecule has 5 rings (SSSR count). The second-order valence-corrected chi connectivity index (χ2v) is 10.3. The van der Waals surface area contributed by atoms with Crippen molar-refractivity contribution in [3.05, 3.63) is 118 Å². The molecule has 217 valence electrons. The lowest BCUT2D eigenvalue weighted by molar-refractivity contribution is -0.137. The van der Waals surface area contributed by atoms with Crippen LogP contribution in [0.4, 0.5) is 26.3 Å². The van der Waals surface area contributed by atoms with Crippen molar-refractivity contribution in [3.8, 4) is 22.3 Å². The predicted octanol–water partition coefficient (Wildman–Crippen LogP) is 10.0. The van der Waals surface area contributed by atoms with E-state index in [4.69, 9.17) is 4.74 Å². The van der Waals surface area contributed by atoms with Gasteiger partial charge < -0.3 is 4.74 Å². The minimum atomic E-state index is -4.60. The third-order valence-electron chi connectivity index (χ3n) is 7.61. The summed E-state index contributed by atoms with van der Waals surface area (Å²) in [5.41, 5.74) is 0.732. The third kappa shape index (κ3) is 5.94. The number of benzene rings is 4. The van der Waals surface area contributed by atoms with Crippen molar-refractivity contribution >= 4 is 5.97 Å². The van der Waals surface area contributed by atoms with Crippen molar-refractivity contribution in [2.45, 2.75) is 50.9 Å². The largest absolute Gasteiger partial charge is 0.462 e. The van der Waals surface area contributed by atoms with Crippen LogP contribution in [0, 0.1) is 17.7 Å². The smallest absolute Gasteiger partial charge is 0.416 e. The zero-order valence-corrected chi connectivity index (χ0v) is 22.7. The molecule has 8 heteroatoms. The number of hydrogen-bond acceptors (Lipinski definition) is 2. The molecule has 1 aliphatic carbocycles. The Balaban J connectivity index is 1.86. The van der Waals surface area contributed by atoms with E-state index in [9.17, 15) is 26.7 Å². The summed E-state index contributed by atoms with van der Waals surface area (Å²) in [5, 5.41) is 0. The average Bonchev–Trinajstić information content (AvgIpc) is 3.51. The standard InChI is InChI=1S/C34H27F6O2/c1-2-42-33(41)31-28(21-9-15-25(35)16-10-21)19-27(20-5-3-4-6-20)30(29(31)22-11-17-26(36)18-12-22)32(37)23-7-13-24(14-8-23)34(38,39)40/h7-18,20,32H,2-6H2,1H3. The average molecular weight is 582 g/mol. The number of carbonyl (C=O) groups is 1. The maximum Gasteiger partial charge on any atom is 0.416 e. The summed E-state index contributed by atoms with van der Waals surface area (Å²) in [6.07, 6.45) is -3.35. The first-order valence-electron chi connectivity index (χ1n) is 13.7. The van der Waals surface area contributed by atoms with Crippen LogP contribution in [-0.2, 0) is 10.9 Å². The van der Waals surface area contributed by atoms with Gasteiger partial charge >= 0.3 is 12.1 Å². The summed E-state index contributed by atoms with van der Waals surface area (Å²) >= 11 is 0. The molecule has 0 heterocycles. The van der Waals surface area contributed by atoms with Gasteiger partial charge in [0.05, 0.1) is 17.7 Å². The molecule has 0 bridgehead atoms. The van der Waals surface area contributed by atoms with Gasteiger partial charge in [0.15, 0.2) is 6.17 Å². The fourth-order valence-electron chi connectivity index (χ4n) is 5.62. The van der Waals surface area contributed by atoms with Crippen LogP contribution in [0.3, 0.4) is 0 Å². The van der Waals surface area contributed by atoms with E-state index in [0.29, 0.717) is 29.5 Å². The van der Waals surface area contributed by atoms with Gasteiger partial charge in [0.1, 0.15) is 11.6 Å². The lowest BCUT2D eigenvalue weighted by Crippen LogP contribution is -2.15. The van der Waals surface area contributed by atoms with Gasteiger partial charge in [-0.3, -0.25) is 0 Å². The third-order valence-corrected chi connectivity index (χ3v) is 7.61. The molecule has 42 heavy (non-hydrogen) atoms. The Labute approximate surface area is 240 Å². The number of esters is 1. The maximum atomic E-state index is 16.9. The lowest BCUT2D eigenvalue weighted by Gasteiger charge is -2.26. The van der Waals surface area contributed by atoms with E-state index in [1.165, 1.54) is 48.5 Å². The fraction of sp³-hybridized carbons (Fsp3) is 0.265. The summed E-state index contributed by atoms with van der Waals surface area (Å²) in [4.78, 5) is 13.6. The second kappa shape index (κ2) is 12.0. The SMILES string of the molecule is CCOC(=O)c1c(-c2ccc(F)cc2)[c]c(C2CCCC2)c(C(F)c2ccc(C(F)(F)F)cc2)c1-c1ccc(F)cc1. The number of halogens is 6. The van der Waals surface area contributed by atoms with Crippen LogP contribution < -0.4 is 0 Å². The molecule has 0 aliphatic heterocycles. The molecule has 1 unspecified atom stereocenters. The highest BCUT2D eigenvalue weighted by atomic mass is 19.4. The Kier molecular flexibility index (Phi) is 8.43. The quantitative estimate of drug-likeness (QED) is 0.160. The van der Waals surface area contributed by atoms with E-state index < -0.39 is 35.5 Å². The normalized spacial score (nSPS) is 14.6. The molecule has 1 aliphatic rings. The molecule has 0 N–H and O–H groups in total. The molecule has 4 aromatic rings. The lowest BCUT2D eigenvalue weighted by atomic mass is 9.78. The Morgan fingerprint density at radius 2 is 1.43 bits per heavy atom. The van der Waals surface area contributed by atoms with Gasteiger partial charge in [0.25, 0.3) is 0 Å². The predicted molar refractivity (Wildman–Crippen MR) is 148 cm³/mol. The van der Waals surface area contributed by atoms with Crippen LogP contribution in [0.1, 0.15) is 77.3 Å². The summed E-state index contributed by atoms with van der Waals surface area (Å²) in [5.74, 6) is -1.97. The maximum absolute atomic E-state index is 16.9. The van der Waals surface area contributed by atoms with Gasteiger partial charge in [-0.25, -0.2) is 18.0 Å². The van der Waals surface area contributed by atoms with Crippen molar-refractivity contribution < 1.29 is 35.9 Å². The first-order valence-corrected chi connectivity index (χ1v) is 13.7. The number of alkyl halides is 4. The van der Waals surface area contributed by atoms with E-state index >= 15 is 4.39 Å². The van der Waals surface area contributed by atoms with Crippen LogP contribution in [0.5, 0.6) is 0 Å². The van der Waals surface area contributed by atoms with Gasteiger partial charge in [-0.2, -0.15) is 13.2 Å². The molecule has 0 saturated heterocycles. The van der Waals surface area contributed by atoms with Gasteiger partial charge in [0.2, 0.25) is 0 Å². The summed E-state index contributed by atoms with van der Waals surface area (Å²) < 4.78 is 90.0. The van der Waals surface area contributed by atoms with E-state index in [-0.39, 0.29) is 40.3 Å². The molecule has 1 fully saturated rings. The Morgan fingerprint density at radius 1 is 0.881 bits per heavy atom. The van der Waals surface area contributed by atoms with Crippen molar-refractivity contribution in [3.63, 3.8) is 0 Å². The van der Waals surface area contributed by atoms with Gasteiger partial charge in [-0.1, -0.05) is 49.2 Å². The number of hydrogen-bond donors (Lipinski definition) is 0. The monoisotopic (exact) mass is 581 g/mol. The van der Waals surface area contributed by atoms with Crippen LogP contribution in [0.25, 0.3) is 22.3 Å². The molecule has 1 atom stereocenters. The summed E-state index contributed by atoms with van der Waals surface area (Å²) in [6.45, 7) is 1.62. The van der Waals surface area contributed by atoms with Crippen LogP contribution >= 0.6 is 0 Å². The molecule has 0 spiro atoms. The van der Waals surface area contributed by atoms with Gasteiger partial charge in [0, 0.05) is 16.7 Å². The first kappa shape index (κ1) is 29.4. The topological polar surface area (TPSA) is 26.3 Å². The second-order valence-electron chi connectivity index (χ2n) is 10.3. The Hall–Kier alpha value is -4.07. The van der Waals surface area contributed by atoms with Crippen LogP contribution in [0.2, 0.25) is 0 Å². The number of carbonyl (C=O) groups excluding carboxylic acids is 1. The van der Waals surface area contributed by atoms with E-state index in [2.05, 4.69) is 6.07 Å². The van der Waals surface area contributed by atoms with E-state index in [1.807, 2.05) is 0 Å². The number of rotatable bonds is 7. The van der Waals surface area contributed by atoms with E-state index in [1.54, 1.807) is 6.92 Å². The molecular weight excluding hydrogens is 554 g/mol.